The van der Waals surface area contributed by atoms with Crippen molar-refractivity contribution < 1.29 is 18.0 Å². The zero-order valence-corrected chi connectivity index (χ0v) is 4.34. The van der Waals surface area contributed by atoms with Crippen molar-refractivity contribution in [3.05, 3.63) is 0 Å². The Morgan fingerprint density at radius 3 is 1.62 bits per heavy atom. The Kier molecular flexibility index (Phi) is 1.57. The maximum Gasteiger partial charge on any atom is 0.346 e. The van der Waals surface area contributed by atoms with E-state index in [0.717, 1.165) is 0 Å². The molecule has 1 rings (SSSR count). The van der Waals surface area contributed by atoms with Crippen LogP contribution in [0.4, 0.5) is 13.2 Å². The molecule has 0 aromatic rings. The highest BCUT2D eigenvalue weighted by atomic mass is 35.5. The van der Waals surface area contributed by atoms with E-state index in [2.05, 4.69) is 0 Å². The number of hydrogen-bond donors (Lipinski definition) is 0. The second-order valence-corrected chi connectivity index (χ2v) is 1.35. The molecule has 5 heteroatoms. The van der Waals surface area contributed by atoms with Gasteiger partial charge in [0, 0.05) is 0 Å². The van der Waals surface area contributed by atoms with Gasteiger partial charge in [-0.1, -0.05) is 0 Å². The summed E-state index contributed by atoms with van der Waals surface area (Å²) >= 11 is 0. The number of alkyl halides is 3. The molecule has 0 saturated heterocycles. The molecule has 8 heavy (non-hydrogen) atoms. The lowest BCUT2D eigenvalue weighted by Gasteiger charge is -1.75. The van der Waals surface area contributed by atoms with Gasteiger partial charge in [0.2, 0.25) is 12.0 Å². The maximum absolute atomic E-state index is 11.2. The molecule has 0 aliphatic heterocycles. The number of rotatable bonds is 0. The van der Waals surface area contributed by atoms with Crippen LogP contribution in [0.15, 0.2) is 0 Å². The molecule has 0 aromatic carbocycles. The minimum atomic E-state index is -3.64. The van der Waals surface area contributed by atoms with E-state index >= 15 is 0 Å². The first-order valence-corrected chi connectivity index (χ1v) is 1.63. The van der Waals surface area contributed by atoms with Crippen LogP contribution in [0.5, 0.6) is 0 Å². The fourth-order valence-corrected chi connectivity index (χ4v) is 0.224. The summed E-state index contributed by atoms with van der Waals surface area (Å²) in [5.74, 6) is -5.23. The van der Waals surface area contributed by atoms with Gasteiger partial charge in [0.25, 0.3) is 0 Å². The zero-order chi connectivity index (χ0) is 5.65. The molecule has 0 heterocycles. The van der Waals surface area contributed by atoms with Crippen molar-refractivity contribution >= 4 is 18.2 Å². The van der Waals surface area contributed by atoms with E-state index in [0.29, 0.717) is 0 Å². The molecule has 0 spiro atoms. The Hall–Kier alpha value is -0.250. The second kappa shape index (κ2) is 1.62. The quantitative estimate of drug-likeness (QED) is 0.498. The minimum absolute atomic E-state index is 0. The van der Waals surface area contributed by atoms with Crippen LogP contribution in [0.2, 0.25) is 0 Å². The number of carbonyl (C=O) groups is 1. The fourth-order valence-electron chi connectivity index (χ4n) is 0.224. The van der Waals surface area contributed by atoms with Gasteiger partial charge in [0.15, 0.2) is 0 Å². The van der Waals surface area contributed by atoms with E-state index < -0.39 is 17.9 Å². The summed E-state index contributed by atoms with van der Waals surface area (Å²) in [6.07, 6.45) is -2.51. The lowest BCUT2D eigenvalue weighted by Crippen LogP contribution is -1.92. The van der Waals surface area contributed by atoms with Crippen LogP contribution in [0, 0.1) is 0 Å². The van der Waals surface area contributed by atoms with Crippen molar-refractivity contribution in [2.75, 3.05) is 0 Å². The molecule has 1 atom stereocenters. The monoisotopic (exact) mass is 146 g/mol. The first kappa shape index (κ1) is 7.75. The standard InChI is InChI=1S/C3HF3O.ClH/c4-1-2(7)3(1,5)6;/h1H;1H. The summed E-state index contributed by atoms with van der Waals surface area (Å²) in [6.45, 7) is 0. The Labute approximate surface area is 49.3 Å². The van der Waals surface area contributed by atoms with E-state index in [1.54, 1.807) is 0 Å². The highest BCUT2D eigenvalue weighted by Crippen LogP contribution is 2.39. The second-order valence-electron chi connectivity index (χ2n) is 1.35. The average molecular weight is 146 g/mol. The summed E-state index contributed by atoms with van der Waals surface area (Å²) in [5.41, 5.74) is 0. The van der Waals surface area contributed by atoms with Crippen LogP contribution in [0.25, 0.3) is 0 Å². The summed E-state index contributed by atoms with van der Waals surface area (Å²) in [7, 11) is 0. The number of ketones is 1. The molecule has 1 nitrogen and oxygen atoms in total. The lowest BCUT2D eigenvalue weighted by molar-refractivity contribution is -0.117. The average Bonchev–Trinajstić information content (AvgIpc) is 1.91. The van der Waals surface area contributed by atoms with Crippen molar-refractivity contribution in [3.8, 4) is 0 Å². The molecular formula is C3H2ClF3O. The van der Waals surface area contributed by atoms with Crippen molar-refractivity contribution in [2.24, 2.45) is 0 Å². The molecule has 1 unspecified atom stereocenters. The van der Waals surface area contributed by atoms with Gasteiger partial charge in [-0.2, -0.15) is 8.78 Å². The number of halogens is 4. The molecule has 1 saturated carbocycles. The summed E-state index contributed by atoms with van der Waals surface area (Å²) in [5, 5.41) is 0. The Morgan fingerprint density at radius 2 is 1.62 bits per heavy atom. The van der Waals surface area contributed by atoms with Gasteiger partial charge in [-0.05, 0) is 0 Å². The Morgan fingerprint density at radius 1 is 1.50 bits per heavy atom. The molecule has 48 valence electrons. The van der Waals surface area contributed by atoms with Crippen molar-refractivity contribution in [3.63, 3.8) is 0 Å². The van der Waals surface area contributed by atoms with Gasteiger partial charge < -0.3 is 0 Å². The molecule has 0 N–H and O–H groups in total. The third-order valence-electron chi connectivity index (χ3n) is 0.794. The van der Waals surface area contributed by atoms with E-state index in [1.165, 1.54) is 0 Å². The van der Waals surface area contributed by atoms with Crippen LogP contribution < -0.4 is 0 Å². The van der Waals surface area contributed by atoms with Gasteiger partial charge in [-0.15, -0.1) is 12.4 Å². The molecule has 0 radical (unpaired) electrons. The topological polar surface area (TPSA) is 17.1 Å². The van der Waals surface area contributed by atoms with Crippen LogP contribution in [0.3, 0.4) is 0 Å². The number of carbonyl (C=O) groups excluding carboxylic acids is 1. The van der Waals surface area contributed by atoms with Gasteiger partial charge in [-0.3, -0.25) is 4.79 Å². The maximum atomic E-state index is 11.2. The highest BCUT2D eigenvalue weighted by molar-refractivity contribution is 6.07. The lowest BCUT2D eigenvalue weighted by atomic mass is 10.8. The smallest absolute Gasteiger partial charge is 0.289 e. The van der Waals surface area contributed by atoms with Gasteiger partial charge in [-0.25, -0.2) is 4.39 Å². The van der Waals surface area contributed by atoms with E-state index in [4.69, 9.17) is 0 Å². The molecule has 1 aliphatic carbocycles. The fraction of sp³-hybridized carbons (Fsp3) is 0.667. The van der Waals surface area contributed by atoms with E-state index in [1.807, 2.05) is 0 Å². The van der Waals surface area contributed by atoms with Crippen LogP contribution in [-0.2, 0) is 4.79 Å². The summed E-state index contributed by atoms with van der Waals surface area (Å²) < 4.78 is 33.6. The summed E-state index contributed by atoms with van der Waals surface area (Å²) in [4.78, 5) is 9.41. The number of hydrogen-bond acceptors (Lipinski definition) is 1. The normalized spacial score (nSPS) is 31.4. The molecule has 1 fully saturated rings. The first-order valence-electron chi connectivity index (χ1n) is 1.63. The third kappa shape index (κ3) is 0.686. The first-order chi connectivity index (χ1) is 3.07. The largest absolute Gasteiger partial charge is 0.346 e. The van der Waals surface area contributed by atoms with E-state index in [-0.39, 0.29) is 12.4 Å². The van der Waals surface area contributed by atoms with Crippen LogP contribution >= 0.6 is 12.4 Å². The van der Waals surface area contributed by atoms with Gasteiger partial charge in [0.05, 0.1) is 0 Å². The number of Topliss-reactive ketones (excluding diaryl/α,β-unsaturated/α-hetero) is 1. The van der Waals surface area contributed by atoms with Crippen molar-refractivity contribution in [1.29, 1.82) is 0 Å². The van der Waals surface area contributed by atoms with E-state index in [9.17, 15) is 18.0 Å². The van der Waals surface area contributed by atoms with Gasteiger partial charge >= 0.3 is 5.92 Å². The predicted octanol–water partition coefficient (Wildman–Crippen LogP) is 0.964. The Balaban J connectivity index is 0.000000490. The minimum Gasteiger partial charge on any atom is -0.289 e. The zero-order valence-electron chi connectivity index (χ0n) is 3.53. The van der Waals surface area contributed by atoms with Crippen molar-refractivity contribution in [1.82, 2.24) is 0 Å². The summed E-state index contributed by atoms with van der Waals surface area (Å²) in [6, 6.07) is 0. The third-order valence-corrected chi connectivity index (χ3v) is 0.794. The molecule has 0 bridgehead atoms. The van der Waals surface area contributed by atoms with Gasteiger partial charge in [0.1, 0.15) is 0 Å². The molecule has 0 aromatic heterocycles. The van der Waals surface area contributed by atoms with Crippen molar-refractivity contribution in [2.45, 2.75) is 12.1 Å². The van der Waals surface area contributed by atoms with Crippen LogP contribution in [-0.4, -0.2) is 17.9 Å². The Bertz CT molecular complexity index is 124. The predicted molar refractivity (Wildman–Crippen MR) is 22.1 cm³/mol. The molecule has 0 amide bonds. The van der Waals surface area contributed by atoms with Crippen LogP contribution in [0.1, 0.15) is 0 Å². The highest BCUT2D eigenvalue weighted by Gasteiger charge is 2.70. The SMILES string of the molecule is Cl.O=C1C(F)C1(F)F. The molecule has 1 aliphatic rings. The molecular weight excluding hydrogens is 144 g/mol.